The normalized spacial score (nSPS) is 10.2. The Bertz CT molecular complexity index is 962. The number of rotatable bonds is 2. The molecular weight excluding hydrogens is 389 g/mol. The van der Waals surface area contributed by atoms with Crippen molar-refractivity contribution in [3.63, 3.8) is 0 Å². The van der Waals surface area contributed by atoms with Crippen molar-refractivity contribution in [2.24, 2.45) is 5.73 Å². The number of hydrogen-bond acceptors (Lipinski definition) is 6. The van der Waals surface area contributed by atoms with E-state index in [2.05, 4.69) is 4.98 Å². The predicted molar refractivity (Wildman–Crippen MR) is 117 cm³/mol. The van der Waals surface area contributed by atoms with Crippen LogP contribution in [0.1, 0.15) is 46.7 Å². The first-order valence-corrected chi connectivity index (χ1v) is 9.30. The number of carbonyl (C=O) groups is 1. The molecule has 0 fully saturated rings. The first kappa shape index (κ1) is 27.1. The molecule has 0 saturated carbocycles. The van der Waals surface area contributed by atoms with Crippen LogP contribution < -0.4 is 11.3 Å². The molecule has 0 aliphatic heterocycles. The molecule has 0 aliphatic carbocycles. The van der Waals surface area contributed by atoms with Gasteiger partial charge in [-0.1, -0.05) is 38.1 Å². The van der Waals surface area contributed by atoms with Gasteiger partial charge in [-0.2, -0.15) is 0 Å². The smallest absolute Gasteiger partial charge is 0.269 e. The topological polar surface area (TPSA) is 118 Å². The van der Waals surface area contributed by atoms with Crippen molar-refractivity contribution < 1.29 is 19.4 Å². The van der Waals surface area contributed by atoms with E-state index in [1.54, 1.807) is 30.3 Å². The van der Waals surface area contributed by atoms with Crippen molar-refractivity contribution in [2.45, 2.75) is 46.4 Å². The molecule has 0 aliphatic rings. The Morgan fingerprint density at radius 3 is 2.00 bits per heavy atom. The molecule has 1 heterocycles. The van der Waals surface area contributed by atoms with E-state index in [0.717, 1.165) is 10.6 Å². The number of halogens is 1. The van der Waals surface area contributed by atoms with E-state index < -0.39 is 17.7 Å². The summed E-state index contributed by atoms with van der Waals surface area (Å²) >= 11 is 0. The van der Waals surface area contributed by atoms with Crippen molar-refractivity contribution in [3.8, 4) is 5.69 Å². The van der Waals surface area contributed by atoms with Crippen LogP contribution in [0.5, 0.6) is 0 Å². The third-order valence-electron chi connectivity index (χ3n) is 3.12. The van der Waals surface area contributed by atoms with E-state index in [4.69, 9.17) is 10.5 Å². The summed E-state index contributed by atoms with van der Waals surface area (Å²) in [6, 6.07) is 12.3. The van der Waals surface area contributed by atoms with E-state index in [1.165, 1.54) is 12.1 Å². The summed E-state index contributed by atoms with van der Waals surface area (Å²) in [6.07, 6.45) is -1.95. The van der Waals surface area contributed by atoms with Crippen LogP contribution in [0.4, 0.5) is 4.39 Å². The second kappa shape index (κ2) is 12.6. The molecule has 0 spiro atoms. The lowest BCUT2D eigenvalue weighted by Gasteiger charge is -2.14. The molecule has 0 saturated heterocycles. The highest BCUT2D eigenvalue weighted by atomic mass is 19.1. The van der Waals surface area contributed by atoms with Gasteiger partial charge in [-0.05, 0) is 45.0 Å². The standard InChI is InChI=1S/C15H11FN2O3.C4H11N.C2H6.CH2O/c16-10-7-4-8-11-12(10)14(19)18(13(17-11)15(20)21)9-5-2-1-3-6-9;1-4(2,3)5;2*1-2/h1-8,15,20-21H;5H2,1-3H3;1-2H3;1H2. The first-order valence-electron chi connectivity index (χ1n) is 9.30. The number of aliphatic hydroxyl groups excluding tert-OH is 1. The molecule has 0 unspecified atom stereocenters. The SMILES string of the molecule is C=O.CC.CC(C)(C)N.O=c1c2c(F)cccc2nc(C(O)O)n1-c1ccccc1. The highest BCUT2D eigenvalue weighted by Crippen LogP contribution is 2.18. The lowest BCUT2D eigenvalue weighted by Crippen LogP contribution is -2.26. The lowest BCUT2D eigenvalue weighted by molar-refractivity contribution is -0.0980. The minimum atomic E-state index is -1.95. The molecule has 164 valence electrons. The highest BCUT2D eigenvalue weighted by molar-refractivity contribution is 5.78. The number of para-hydroxylation sites is 1. The van der Waals surface area contributed by atoms with Crippen LogP contribution in [0.2, 0.25) is 0 Å². The van der Waals surface area contributed by atoms with Crippen molar-refractivity contribution >= 4 is 17.7 Å². The molecule has 0 bridgehead atoms. The van der Waals surface area contributed by atoms with Crippen molar-refractivity contribution in [1.29, 1.82) is 0 Å². The average molecular weight is 419 g/mol. The van der Waals surface area contributed by atoms with Crippen LogP contribution in [0.3, 0.4) is 0 Å². The van der Waals surface area contributed by atoms with Gasteiger partial charge in [-0.3, -0.25) is 9.36 Å². The van der Waals surface area contributed by atoms with Gasteiger partial charge >= 0.3 is 0 Å². The Hall–Kier alpha value is -2.94. The van der Waals surface area contributed by atoms with E-state index in [9.17, 15) is 19.4 Å². The molecule has 3 aromatic rings. The zero-order chi connectivity index (χ0) is 23.5. The Balaban J connectivity index is 0.000000808. The number of fused-ring (bicyclic) bond motifs is 1. The summed E-state index contributed by atoms with van der Waals surface area (Å²) in [5.41, 5.74) is 5.12. The molecule has 30 heavy (non-hydrogen) atoms. The van der Waals surface area contributed by atoms with Crippen LogP contribution in [-0.2, 0) is 4.79 Å². The van der Waals surface area contributed by atoms with Crippen LogP contribution in [0, 0.1) is 5.82 Å². The largest absolute Gasteiger partial charge is 0.362 e. The number of hydrogen-bond donors (Lipinski definition) is 3. The quantitative estimate of drug-likeness (QED) is 0.549. The average Bonchev–Trinajstić information content (AvgIpc) is 2.70. The van der Waals surface area contributed by atoms with Gasteiger partial charge in [0.2, 0.25) is 6.29 Å². The summed E-state index contributed by atoms with van der Waals surface area (Å²) in [4.78, 5) is 24.5. The number of benzene rings is 2. The Morgan fingerprint density at radius 1 is 1.03 bits per heavy atom. The second-order valence-corrected chi connectivity index (χ2v) is 6.82. The monoisotopic (exact) mass is 419 g/mol. The fraction of sp³-hybridized carbons (Fsp3) is 0.318. The van der Waals surface area contributed by atoms with Gasteiger partial charge in [0.15, 0.2) is 5.82 Å². The van der Waals surface area contributed by atoms with Crippen molar-refractivity contribution in [3.05, 3.63) is 70.5 Å². The Labute approximate surface area is 175 Å². The minimum Gasteiger partial charge on any atom is -0.362 e. The maximum Gasteiger partial charge on any atom is 0.269 e. The molecule has 7 nitrogen and oxygen atoms in total. The van der Waals surface area contributed by atoms with Crippen LogP contribution in [0.25, 0.3) is 16.6 Å². The molecule has 3 rings (SSSR count). The zero-order valence-electron chi connectivity index (χ0n) is 18.0. The molecule has 8 heteroatoms. The molecule has 4 N–H and O–H groups in total. The maximum atomic E-state index is 13.9. The summed E-state index contributed by atoms with van der Waals surface area (Å²) < 4.78 is 14.9. The highest BCUT2D eigenvalue weighted by Gasteiger charge is 2.19. The van der Waals surface area contributed by atoms with Gasteiger partial charge in [-0.25, -0.2) is 9.37 Å². The number of aliphatic hydroxyl groups is 2. The van der Waals surface area contributed by atoms with E-state index in [-0.39, 0.29) is 22.3 Å². The fourth-order valence-corrected chi connectivity index (χ4v) is 2.21. The third kappa shape index (κ3) is 7.82. The molecule has 1 aromatic heterocycles. The summed E-state index contributed by atoms with van der Waals surface area (Å²) in [6.45, 7) is 11.9. The minimum absolute atomic E-state index is 0. The van der Waals surface area contributed by atoms with Gasteiger partial charge < -0.3 is 20.7 Å². The first-order chi connectivity index (χ1) is 14.1. The number of nitrogens with two attached hydrogens (primary N) is 1. The zero-order valence-corrected chi connectivity index (χ0v) is 18.0. The van der Waals surface area contributed by atoms with Crippen LogP contribution in [-0.4, -0.2) is 32.1 Å². The van der Waals surface area contributed by atoms with Crippen LogP contribution in [0.15, 0.2) is 53.3 Å². The number of aromatic nitrogens is 2. The molecule has 0 amide bonds. The summed E-state index contributed by atoms with van der Waals surface area (Å²) in [5.74, 6) is -0.960. The van der Waals surface area contributed by atoms with E-state index in [0.29, 0.717) is 5.69 Å². The summed E-state index contributed by atoms with van der Waals surface area (Å²) in [5, 5.41) is 18.7. The van der Waals surface area contributed by atoms with E-state index in [1.807, 2.05) is 41.4 Å². The van der Waals surface area contributed by atoms with Crippen LogP contribution >= 0.6 is 0 Å². The second-order valence-electron chi connectivity index (χ2n) is 6.82. The van der Waals surface area contributed by atoms with Gasteiger partial charge in [0.25, 0.3) is 5.56 Å². The van der Waals surface area contributed by atoms with Crippen molar-refractivity contribution in [2.75, 3.05) is 0 Å². The lowest BCUT2D eigenvalue weighted by atomic mass is 10.1. The molecule has 0 atom stereocenters. The van der Waals surface area contributed by atoms with E-state index >= 15 is 0 Å². The molecule has 0 radical (unpaired) electrons. The summed E-state index contributed by atoms with van der Waals surface area (Å²) in [7, 11) is 0. The van der Waals surface area contributed by atoms with Gasteiger partial charge in [0.05, 0.1) is 11.2 Å². The molecular formula is C22H30FN3O4. The fourth-order valence-electron chi connectivity index (χ4n) is 2.21. The van der Waals surface area contributed by atoms with Gasteiger partial charge in [0.1, 0.15) is 18.0 Å². The number of carbonyl (C=O) groups excluding carboxylic acids is 1. The molecule has 2 aromatic carbocycles. The Morgan fingerprint density at radius 2 is 1.53 bits per heavy atom. The third-order valence-corrected chi connectivity index (χ3v) is 3.12. The number of nitrogens with zero attached hydrogens (tertiary/aromatic N) is 2. The maximum absolute atomic E-state index is 13.9. The Kier molecular flexibility index (Phi) is 11.4. The van der Waals surface area contributed by atoms with Gasteiger partial charge in [-0.15, -0.1) is 0 Å². The van der Waals surface area contributed by atoms with Gasteiger partial charge in [0, 0.05) is 5.54 Å². The predicted octanol–water partition coefficient (Wildman–Crippen LogP) is 3.09. The van der Waals surface area contributed by atoms with Crippen molar-refractivity contribution in [1.82, 2.24) is 9.55 Å².